The molecule has 0 fully saturated rings. The van der Waals surface area contributed by atoms with E-state index >= 15 is 0 Å². The van der Waals surface area contributed by atoms with Gasteiger partial charge in [-0.05, 0) is 54.5 Å². The molecule has 0 unspecified atom stereocenters. The first kappa shape index (κ1) is 16.1. The van der Waals surface area contributed by atoms with Gasteiger partial charge in [-0.3, -0.25) is 10.4 Å². The van der Waals surface area contributed by atoms with Gasteiger partial charge in [0.25, 0.3) is 0 Å². The van der Waals surface area contributed by atoms with Gasteiger partial charge in [0.2, 0.25) is 0 Å². The summed E-state index contributed by atoms with van der Waals surface area (Å²) in [5.74, 6) is 0.865. The fourth-order valence-electron chi connectivity index (χ4n) is 2.68. The van der Waals surface area contributed by atoms with Crippen molar-refractivity contribution in [1.82, 2.24) is 9.99 Å². The number of nitrogens with zero attached hydrogens (tertiary/aromatic N) is 3. The molecule has 2 rings (SSSR count). The van der Waals surface area contributed by atoms with Crippen LogP contribution in [0.15, 0.2) is 16.2 Å². The van der Waals surface area contributed by atoms with Gasteiger partial charge in [0.15, 0.2) is 5.17 Å². The summed E-state index contributed by atoms with van der Waals surface area (Å²) in [5, 5.41) is 5.45. The summed E-state index contributed by atoms with van der Waals surface area (Å²) in [5.41, 5.74) is 7.96. The van der Waals surface area contributed by atoms with Crippen molar-refractivity contribution < 1.29 is 0 Å². The highest BCUT2D eigenvalue weighted by Gasteiger charge is 2.20. The van der Waals surface area contributed by atoms with Crippen LogP contribution in [0.2, 0.25) is 0 Å². The second-order valence-electron chi connectivity index (χ2n) is 6.80. The molecule has 116 valence electrons. The maximum absolute atomic E-state index is 4.63. The summed E-state index contributed by atoms with van der Waals surface area (Å²) >= 11 is 1.72. The fourth-order valence-corrected chi connectivity index (χ4v) is 3.62. The molecule has 0 saturated carbocycles. The Labute approximate surface area is 132 Å². The van der Waals surface area contributed by atoms with Crippen LogP contribution in [0.3, 0.4) is 0 Å². The first-order chi connectivity index (χ1) is 9.69. The summed E-state index contributed by atoms with van der Waals surface area (Å²) in [6, 6.07) is 2.71. The van der Waals surface area contributed by atoms with Crippen molar-refractivity contribution in [2.45, 2.75) is 60.0 Å². The Kier molecular flexibility index (Phi) is 4.51. The molecule has 1 aromatic heterocycles. The molecular weight excluding hydrogens is 280 g/mol. The zero-order valence-corrected chi connectivity index (χ0v) is 14.9. The molecule has 0 spiro atoms. The van der Waals surface area contributed by atoms with Gasteiger partial charge in [-0.2, -0.15) is 5.10 Å². The van der Waals surface area contributed by atoms with Crippen molar-refractivity contribution in [3.05, 3.63) is 23.0 Å². The van der Waals surface area contributed by atoms with E-state index < -0.39 is 0 Å². The molecule has 0 bridgehead atoms. The first-order valence-electron chi connectivity index (χ1n) is 7.43. The third-order valence-corrected chi connectivity index (χ3v) is 4.25. The van der Waals surface area contributed by atoms with Crippen molar-refractivity contribution in [2.24, 2.45) is 10.1 Å². The van der Waals surface area contributed by atoms with Crippen LogP contribution in [-0.4, -0.2) is 26.7 Å². The first-order valence-corrected chi connectivity index (χ1v) is 8.41. The van der Waals surface area contributed by atoms with E-state index in [1.807, 2.05) is 0 Å². The van der Waals surface area contributed by atoms with Gasteiger partial charge >= 0.3 is 0 Å². The quantitative estimate of drug-likeness (QED) is 0.901. The molecule has 1 N–H and O–H groups in total. The predicted octanol–water partition coefficient (Wildman–Crippen LogP) is 3.88. The highest BCUT2D eigenvalue weighted by atomic mass is 32.2. The Balaban J connectivity index is 2.26. The lowest BCUT2D eigenvalue weighted by Crippen LogP contribution is -2.28. The number of hydrazone groups is 1. The lowest BCUT2D eigenvalue weighted by Gasteiger charge is -2.19. The maximum atomic E-state index is 4.63. The number of amidine groups is 1. The molecule has 0 aromatic carbocycles. The van der Waals surface area contributed by atoms with Gasteiger partial charge in [0.05, 0.1) is 11.3 Å². The van der Waals surface area contributed by atoms with Crippen LogP contribution in [0.1, 0.15) is 57.6 Å². The molecule has 0 amide bonds. The lowest BCUT2D eigenvalue weighted by molar-refractivity contribution is 0.574. The second kappa shape index (κ2) is 5.87. The minimum atomic E-state index is -0.0736. The largest absolute Gasteiger partial charge is 0.346 e. The smallest absolute Gasteiger partial charge is 0.178 e. The van der Waals surface area contributed by atoms with E-state index in [0.717, 1.165) is 16.6 Å². The van der Waals surface area contributed by atoms with Gasteiger partial charge < -0.3 is 4.57 Å². The molecule has 1 aliphatic heterocycles. The van der Waals surface area contributed by atoms with Crippen molar-refractivity contribution in [3.63, 3.8) is 0 Å². The number of aryl methyl sites for hydroxylation is 1. The second-order valence-corrected chi connectivity index (χ2v) is 7.76. The summed E-state index contributed by atoms with van der Waals surface area (Å²) in [6.07, 6.45) is 0. The summed E-state index contributed by atoms with van der Waals surface area (Å²) in [6.45, 7) is 15.1. The van der Waals surface area contributed by atoms with E-state index in [4.69, 9.17) is 0 Å². The number of hydrogen-bond donors (Lipinski definition) is 1. The van der Waals surface area contributed by atoms with Crippen LogP contribution in [0, 0.1) is 13.8 Å². The molecular formula is C16H26N4S. The zero-order valence-electron chi connectivity index (χ0n) is 14.1. The standard InChI is InChI=1S/C16H26N4S/c1-10(2)20-11(3)8-13(12(20)4)14-9-21-15(19-18-14)17-16(5,6)7/h8,10H,9H2,1-7H3,(H,17,19). The SMILES string of the molecule is Cc1cc(C2=NNC(=NC(C)(C)C)SC2)c(C)n1C(C)C. The normalized spacial score (nSPS) is 18.1. The summed E-state index contributed by atoms with van der Waals surface area (Å²) < 4.78 is 2.36. The van der Waals surface area contributed by atoms with Gasteiger partial charge in [0.1, 0.15) is 0 Å². The van der Waals surface area contributed by atoms with Gasteiger partial charge in [0, 0.05) is 28.7 Å². The topological polar surface area (TPSA) is 41.7 Å². The van der Waals surface area contributed by atoms with E-state index in [2.05, 4.69) is 74.6 Å². The molecule has 21 heavy (non-hydrogen) atoms. The van der Waals surface area contributed by atoms with Gasteiger partial charge in [-0.15, -0.1) is 0 Å². The average molecular weight is 306 g/mol. The third kappa shape index (κ3) is 3.70. The number of thioether (sulfide) groups is 1. The number of aromatic nitrogens is 1. The average Bonchev–Trinajstić information content (AvgIpc) is 2.63. The molecule has 0 atom stereocenters. The van der Waals surface area contributed by atoms with Crippen molar-refractivity contribution in [1.29, 1.82) is 0 Å². The number of rotatable bonds is 2. The molecule has 4 nitrogen and oxygen atoms in total. The van der Waals surface area contributed by atoms with Crippen LogP contribution in [0.25, 0.3) is 0 Å². The third-order valence-electron chi connectivity index (χ3n) is 3.38. The van der Waals surface area contributed by atoms with Crippen molar-refractivity contribution in [2.75, 3.05) is 5.75 Å². The Morgan fingerprint density at radius 1 is 1.33 bits per heavy atom. The van der Waals surface area contributed by atoms with E-state index in [0.29, 0.717) is 6.04 Å². The van der Waals surface area contributed by atoms with Gasteiger partial charge in [-0.25, -0.2) is 0 Å². The van der Waals surface area contributed by atoms with E-state index in [1.165, 1.54) is 17.0 Å². The molecule has 0 aliphatic carbocycles. The Bertz CT molecular complexity index is 588. The Hall–Kier alpha value is -1.23. The number of aliphatic imine (C=N–C) groups is 1. The Morgan fingerprint density at radius 2 is 2.00 bits per heavy atom. The molecule has 1 aliphatic rings. The van der Waals surface area contributed by atoms with E-state index in [-0.39, 0.29) is 5.54 Å². The molecule has 0 saturated heterocycles. The highest BCUT2D eigenvalue weighted by molar-refractivity contribution is 8.14. The lowest BCUT2D eigenvalue weighted by atomic mass is 10.1. The van der Waals surface area contributed by atoms with E-state index in [9.17, 15) is 0 Å². The molecule has 1 aromatic rings. The number of nitrogens with one attached hydrogen (secondary N) is 1. The van der Waals surface area contributed by atoms with Crippen LogP contribution < -0.4 is 5.43 Å². The number of hydrogen-bond acceptors (Lipinski definition) is 3. The Morgan fingerprint density at radius 3 is 2.43 bits per heavy atom. The van der Waals surface area contributed by atoms with Crippen LogP contribution >= 0.6 is 11.8 Å². The van der Waals surface area contributed by atoms with E-state index in [1.54, 1.807) is 11.8 Å². The van der Waals surface area contributed by atoms with Crippen LogP contribution in [0.4, 0.5) is 0 Å². The predicted molar refractivity (Wildman–Crippen MR) is 93.6 cm³/mol. The fraction of sp³-hybridized carbons (Fsp3) is 0.625. The van der Waals surface area contributed by atoms with Crippen LogP contribution in [-0.2, 0) is 0 Å². The molecule has 5 heteroatoms. The van der Waals surface area contributed by atoms with Crippen molar-refractivity contribution >= 4 is 22.6 Å². The highest BCUT2D eigenvalue weighted by Crippen LogP contribution is 2.24. The summed E-state index contributed by atoms with van der Waals surface area (Å²) in [7, 11) is 0. The van der Waals surface area contributed by atoms with Crippen LogP contribution in [0.5, 0.6) is 0 Å². The zero-order chi connectivity index (χ0) is 15.8. The minimum absolute atomic E-state index is 0.0736. The van der Waals surface area contributed by atoms with Crippen molar-refractivity contribution in [3.8, 4) is 0 Å². The molecule has 2 heterocycles. The monoisotopic (exact) mass is 306 g/mol. The van der Waals surface area contributed by atoms with Gasteiger partial charge in [-0.1, -0.05) is 11.8 Å². The molecule has 0 radical (unpaired) electrons. The maximum Gasteiger partial charge on any atom is 0.178 e. The minimum Gasteiger partial charge on any atom is -0.346 e. The summed E-state index contributed by atoms with van der Waals surface area (Å²) in [4.78, 5) is 4.63.